The zero-order chi connectivity index (χ0) is 18.7. The van der Waals surface area contributed by atoms with Gasteiger partial charge in [-0.2, -0.15) is 13.7 Å². The Hall–Kier alpha value is -3.15. The van der Waals surface area contributed by atoms with Gasteiger partial charge in [-0.15, -0.1) is 0 Å². The molecule has 2 N–H and O–H groups in total. The largest absolute Gasteiger partial charge is 0.346 e. The first-order valence-electron chi connectivity index (χ1n) is 7.74. The lowest BCUT2D eigenvalue weighted by atomic mass is 10.2. The zero-order valence-electron chi connectivity index (χ0n) is 13.6. The van der Waals surface area contributed by atoms with Gasteiger partial charge in [-0.3, -0.25) is 9.35 Å². The van der Waals surface area contributed by atoms with Gasteiger partial charge >= 0.3 is 0 Å². The fourth-order valence-corrected chi connectivity index (χ4v) is 3.18. The summed E-state index contributed by atoms with van der Waals surface area (Å²) < 4.78 is 31.0. The SMILES string of the molecule is N#C/C(=C/N1CCc2ccccc21)C(=O)Nc1ccc(S(=O)(=O)O)cc1. The number of para-hydroxylation sites is 1. The Morgan fingerprint density at radius 1 is 1.19 bits per heavy atom. The number of nitrogens with zero attached hydrogens (tertiary/aromatic N) is 2. The van der Waals surface area contributed by atoms with Crippen LogP contribution in [-0.2, 0) is 21.3 Å². The maximum absolute atomic E-state index is 12.3. The summed E-state index contributed by atoms with van der Waals surface area (Å²) in [7, 11) is -4.30. The molecule has 1 aliphatic rings. The van der Waals surface area contributed by atoms with E-state index < -0.39 is 16.0 Å². The van der Waals surface area contributed by atoms with Gasteiger partial charge in [-0.1, -0.05) is 18.2 Å². The molecule has 132 valence electrons. The zero-order valence-corrected chi connectivity index (χ0v) is 14.4. The van der Waals surface area contributed by atoms with Crippen molar-refractivity contribution in [2.45, 2.75) is 11.3 Å². The van der Waals surface area contributed by atoms with Gasteiger partial charge in [-0.25, -0.2) is 0 Å². The summed E-state index contributed by atoms with van der Waals surface area (Å²) in [6, 6.07) is 14.7. The van der Waals surface area contributed by atoms with Gasteiger partial charge < -0.3 is 10.2 Å². The Kier molecular flexibility index (Phi) is 4.75. The van der Waals surface area contributed by atoms with E-state index in [1.54, 1.807) is 0 Å². The fourth-order valence-electron chi connectivity index (χ4n) is 2.70. The lowest BCUT2D eigenvalue weighted by Gasteiger charge is -2.14. The quantitative estimate of drug-likeness (QED) is 0.486. The van der Waals surface area contributed by atoms with E-state index >= 15 is 0 Å². The minimum atomic E-state index is -4.30. The van der Waals surface area contributed by atoms with Crippen molar-refractivity contribution in [3.05, 3.63) is 65.9 Å². The Morgan fingerprint density at radius 2 is 1.88 bits per heavy atom. The summed E-state index contributed by atoms with van der Waals surface area (Å²) in [6.07, 6.45) is 2.35. The van der Waals surface area contributed by atoms with Gasteiger partial charge in [0.25, 0.3) is 16.0 Å². The van der Waals surface area contributed by atoms with Crippen LogP contribution in [0.5, 0.6) is 0 Å². The third-order valence-corrected chi connectivity index (χ3v) is 4.85. The Labute approximate surface area is 150 Å². The van der Waals surface area contributed by atoms with Gasteiger partial charge in [0.2, 0.25) is 0 Å². The molecule has 0 spiro atoms. The highest BCUT2D eigenvalue weighted by molar-refractivity contribution is 7.85. The summed E-state index contributed by atoms with van der Waals surface area (Å²) in [6.45, 7) is 0.681. The standard InChI is InChI=1S/C18H15N3O4S/c19-11-14(12-21-10-9-13-3-1-2-4-17(13)21)18(22)20-15-5-7-16(8-6-15)26(23,24)25/h1-8,12H,9-10H2,(H,20,22)(H,23,24,25)/b14-12-. The first kappa shape index (κ1) is 17.7. The van der Waals surface area contributed by atoms with E-state index in [1.165, 1.54) is 18.3 Å². The van der Waals surface area contributed by atoms with Crippen molar-refractivity contribution < 1.29 is 17.8 Å². The van der Waals surface area contributed by atoms with Crippen LogP contribution in [0, 0.1) is 11.3 Å². The van der Waals surface area contributed by atoms with Crippen molar-refractivity contribution in [2.24, 2.45) is 0 Å². The summed E-state index contributed by atoms with van der Waals surface area (Å²) in [5.41, 5.74) is 2.36. The van der Waals surface area contributed by atoms with Crippen LogP contribution in [0.4, 0.5) is 11.4 Å². The average molecular weight is 369 g/mol. The summed E-state index contributed by atoms with van der Waals surface area (Å²) in [5.74, 6) is -0.600. The maximum atomic E-state index is 12.3. The molecule has 0 saturated heterocycles. The molecule has 0 bridgehead atoms. The highest BCUT2D eigenvalue weighted by atomic mass is 32.2. The highest BCUT2D eigenvalue weighted by Gasteiger charge is 2.19. The molecular weight excluding hydrogens is 354 g/mol. The first-order chi connectivity index (χ1) is 12.4. The highest BCUT2D eigenvalue weighted by Crippen LogP contribution is 2.28. The molecule has 0 unspecified atom stereocenters. The number of hydrogen-bond donors (Lipinski definition) is 2. The molecule has 2 aromatic carbocycles. The number of amides is 1. The summed E-state index contributed by atoms with van der Waals surface area (Å²) in [5, 5.41) is 11.9. The van der Waals surface area contributed by atoms with E-state index in [4.69, 9.17) is 4.55 Å². The predicted octanol–water partition coefficient (Wildman–Crippen LogP) is 2.34. The molecule has 8 heteroatoms. The van der Waals surface area contributed by atoms with Crippen LogP contribution >= 0.6 is 0 Å². The molecule has 0 aliphatic carbocycles. The van der Waals surface area contributed by atoms with Crippen LogP contribution in [0.25, 0.3) is 0 Å². The monoisotopic (exact) mass is 369 g/mol. The Balaban J connectivity index is 1.77. The Morgan fingerprint density at radius 3 is 2.54 bits per heavy atom. The van der Waals surface area contributed by atoms with Gasteiger partial charge in [0.05, 0.1) is 4.90 Å². The molecule has 1 heterocycles. The van der Waals surface area contributed by atoms with Crippen molar-refractivity contribution in [1.29, 1.82) is 5.26 Å². The van der Waals surface area contributed by atoms with Crippen molar-refractivity contribution in [2.75, 3.05) is 16.8 Å². The number of hydrogen-bond acceptors (Lipinski definition) is 5. The minimum Gasteiger partial charge on any atom is -0.346 e. The normalized spacial score (nSPS) is 13.8. The number of benzene rings is 2. The van der Waals surface area contributed by atoms with Crippen molar-refractivity contribution in [3.63, 3.8) is 0 Å². The maximum Gasteiger partial charge on any atom is 0.294 e. The molecular formula is C18H15N3O4S. The average Bonchev–Trinajstić information content (AvgIpc) is 3.02. The van der Waals surface area contributed by atoms with Crippen molar-refractivity contribution in [3.8, 4) is 6.07 Å². The number of nitriles is 1. The van der Waals surface area contributed by atoms with Crippen molar-refractivity contribution in [1.82, 2.24) is 0 Å². The number of carbonyl (C=O) groups excluding carboxylic acids is 1. The third kappa shape index (κ3) is 3.74. The summed E-state index contributed by atoms with van der Waals surface area (Å²) in [4.78, 5) is 13.9. The molecule has 1 amide bonds. The van der Waals surface area contributed by atoms with Crippen LogP contribution in [0.2, 0.25) is 0 Å². The number of nitrogens with one attached hydrogen (secondary N) is 1. The van der Waals surface area contributed by atoms with Gasteiger partial charge in [-0.05, 0) is 42.3 Å². The van der Waals surface area contributed by atoms with Crippen LogP contribution < -0.4 is 10.2 Å². The molecule has 0 aromatic heterocycles. The second-order valence-electron chi connectivity index (χ2n) is 5.68. The molecule has 0 fully saturated rings. The number of fused-ring (bicyclic) bond motifs is 1. The van der Waals surface area contributed by atoms with E-state index in [2.05, 4.69) is 5.32 Å². The molecule has 7 nitrogen and oxygen atoms in total. The lowest BCUT2D eigenvalue weighted by Crippen LogP contribution is -2.19. The van der Waals surface area contributed by atoms with E-state index in [0.29, 0.717) is 12.2 Å². The predicted molar refractivity (Wildman–Crippen MR) is 96.1 cm³/mol. The topological polar surface area (TPSA) is 111 Å². The van der Waals surface area contributed by atoms with E-state index in [1.807, 2.05) is 35.2 Å². The minimum absolute atomic E-state index is 0.0689. The van der Waals surface area contributed by atoms with Crippen LogP contribution in [0.1, 0.15) is 5.56 Å². The van der Waals surface area contributed by atoms with Crippen LogP contribution in [0.15, 0.2) is 65.2 Å². The molecule has 0 saturated carbocycles. The number of rotatable bonds is 4. The molecule has 0 atom stereocenters. The van der Waals surface area contributed by atoms with Crippen LogP contribution in [0.3, 0.4) is 0 Å². The summed E-state index contributed by atoms with van der Waals surface area (Å²) >= 11 is 0. The van der Waals surface area contributed by atoms with Gasteiger partial charge in [0, 0.05) is 24.1 Å². The second kappa shape index (κ2) is 7.00. The fraction of sp³-hybridized carbons (Fsp3) is 0.111. The van der Waals surface area contributed by atoms with E-state index in [9.17, 15) is 18.5 Å². The third-order valence-electron chi connectivity index (χ3n) is 3.98. The van der Waals surface area contributed by atoms with Gasteiger partial charge in [0.15, 0.2) is 0 Å². The number of anilines is 2. The molecule has 2 aromatic rings. The smallest absolute Gasteiger partial charge is 0.294 e. The van der Waals surface area contributed by atoms with Crippen LogP contribution in [-0.4, -0.2) is 25.4 Å². The first-order valence-corrected chi connectivity index (χ1v) is 9.18. The Bertz CT molecular complexity index is 1020. The molecule has 1 aliphatic heterocycles. The number of carbonyl (C=O) groups is 1. The van der Waals surface area contributed by atoms with Crippen molar-refractivity contribution >= 4 is 27.4 Å². The lowest BCUT2D eigenvalue weighted by molar-refractivity contribution is -0.112. The molecule has 0 radical (unpaired) electrons. The molecule has 3 rings (SSSR count). The second-order valence-corrected chi connectivity index (χ2v) is 7.10. The van der Waals surface area contributed by atoms with E-state index in [-0.39, 0.29) is 10.5 Å². The van der Waals surface area contributed by atoms with Gasteiger partial charge in [0.1, 0.15) is 11.6 Å². The van der Waals surface area contributed by atoms with E-state index in [0.717, 1.165) is 29.8 Å². The molecule has 26 heavy (non-hydrogen) atoms.